The molecule has 0 spiro atoms. The van der Waals surface area contributed by atoms with E-state index < -0.39 is 13.8 Å². The summed E-state index contributed by atoms with van der Waals surface area (Å²) in [5.74, 6) is 4.83. The van der Waals surface area contributed by atoms with Crippen molar-refractivity contribution in [2.45, 2.75) is 118 Å². The molecule has 6 heteroatoms. The maximum absolute atomic E-state index is 12.1. The maximum Gasteiger partial charge on any atom is 0.515 e. The molecule has 1 N–H and O–H groups in total. The van der Waals surface area contributed by atoms with Gasteiger partial charge in [-0.05, 0) is 91.3 Å². The van der Waals surface area contributed by atoms with Crippen LogP contribution in [-0.4, -0.2) is 23.3 Å². The van der Waals surface area contributed by atoms with E-state index in [-0.39, 0.29) is 17.7 Å². The quantitative estimate of drug-likeness (QED) is 0.196. The van der Waals surface area contributed by atoms with Gasteiger partial charge < -0.3 is 14.2 Å². The molecule has 0 aromatic heterocycles. The van der Waals surface area contributed by atoms with E-state index >= 15 is 0 Å². The van der Waals surface area contributed by atoms with Gasteiger partial charge in [0.05, 0.1) is 6.16 Å². The average Bonchev–Trinajstić information content (AvgIpc) is 3.16. The maximum atomic E-state index is 12.1. The highest BCUT2D eigenvalue weighted by molar-refractivity contribution is 7.53. The Balaban J connectivity index is 1.41. The van der Waals surface area contributed by atoms with Gasteiger partial charge in [0, 0.05) is 6.42 Å². The molecule has 5 nitrogen and oxygen atoms in total. The molecule has 0 heterocycles. The molecule has 0 amide bonds. The normalized spacial score (nSPS) is 40.3. The van der Waals surface area contributed by atoms with Crippen molar-refractivity contribution >= 4 is 13.8 Å². The molecule has 4 aliphatic carbocycles. The van der Waals surface area contributed by atoms with E-state index in [1.165, 1.54) is 57.4 Å². The first-order chi connectivity index (χ1) is 16.9. The van der Waals surface area contributed by atoms with Crippen LogP contribution in [0.4, 0.5) is 4.79 Å². The van der Waals surface area contributed by atoms with Crippen molar-refractivity contribution in [1.29, 1.82) is 0 Å². The highest BCUT2D eigenvalue weighted by Crippen LogP contribution is 2.67. The molecule has 7 unspecified atom stereocenters. The fourth-order valence-corrected chi connectivity index (χ4v) is 9.50. The van der Waals surface area contributed by atoms with Crippen LogP contribution in [-0.2, 0) is 13.8 Å². The van der Waals surface area contributed by atoms with Gasteiger partial charge in [-0.25, -0.2) is 9.36 Å². The number of hydrogen-bond donors (Lipinski definition) is 1. The first-order valence-electron chi connectivity index (χ1n) is 14.8. The van der Waals surface area contributed by atoms with Gasteiger partial charge in [-0.2, -0.15) is 0 Å². The Kier molecular flexibility index (Phi) is 8.43. The van der Waals surface area contributed by atoms with Gasteiger partial charge in [-0.3, -0.25) is 0 Å². The fourth-order valence-electron chi connectivity index (χ4n) is 9.09. The van der Waals surface area contributed by atoms with Gasteiger partial charge in [-0.1, -0.05) is 72.5 Å². The minimum atomic E-state index is -3.89. The molecule has 3 saturated carbocycles. The Morgan fingerprint density at radius 3 is 2.56 bits per heavy atom. The van der Waals surface area contributed by atoms with Crippen LogP contribution in [0.3, 0.4) is 0 Å². The summed E-state index contributed by atoms with van der Waals surface area (Å²) in [5.41, 5.74) is 2.11. The Hall–Kier alpha value is -0.800. The first-order valence-corrected chi connectivity index (χ1v) is 16.6. The van der Waals surface area contributed by atoms with Gasteiger partial charge in [0.25, 0.3) is 0 Å². The second kappa shape index (κ2) is 10.8. The van der Waals surface area contributed by atoms with E-state index in [4.69, 9.17) is 9.26 Å². The van der Waals surface area contributed by atoms with Gasteiger partial charge in [0.1, 0.15) is 6.10 Å². The molecule has 4 rings (SSSR count). The monoisotopic (exact) mass is 522 g/mol. The number of ether oxygens (including phenoxy) is 1. The lowest BCUT2D eigenvalue weighted by molar-refractivity contribution is -0.0598. The van der Waals surface area contributed by atoms with Crippen LogP contribution in [0, 0.1) is 46.3 Å². The smallest absolute Gasteiger partial charge is 0.430 e. The highest BCUT2D eigenvalue weighted by atomic mass is 31.2. The summed E-state index contributed by atoms with van der Waals surface area (Å²) in [6, 6.07) is 0. The molecular formula is C30H51O5P. The predicted octanol–water partition coefficient (Wildman–Crippen LogP) is 8.75. The molecule has 36 heavy (non-hydrogen) atoms. The summed E-state index contributed by atoms with van der Waals surface area (Å²) in [5, 5.41) is 0. The Morgan fingerprint density at radius 1 is 1.11 bits per heavy atom. The van der Waals surface area contributed by atoms with E-state index in [1.807, 2.05) is 0 Å². The van der Waals surface area contributed by atoms with Crippen molar-refractivity contribution in [3.63, 3.8) is 0 Å². The van der Waals surface area contributed by atoms with Crippen molar-refractivity contribution in [1.82, 2.24) is 0 Å². The van der Waals surface area contributed by atoms with Crippen molar-refractivity contribution in [3.05, 3.63) is 11.6 Å². The molecule has 0 aliphatic heterocycles. The standard InChI is InChI=1S/C30H51O5P/c1-7-36(32,33)35-28(31)34-23-15-17-29(5)22(19-23)11-12-24-26-14-13-25(21(4)10-8-9-20(2)3)30(26,6)18-16-27(24)29/h11,20-21,23-27H,7-10,12-19H2,1-6H3,(H,32,33)/t21-,23-,24?,25?,26?,27?,29?,30?/m0/s1. The number of hydrogen-bond acceptors (Lipinski definition) is 4. The van der Waals surface area contributed by atoms with Crippen LogP contribution >= 0.6 is 7.60 Å². The van der Waals surface area contributed by atoms with Crippen LogP contribution in [0.25, 0.3) is 0 Å². The largest absolute Gasteiger partial charge is 0.515 e. The topological polar surface area (TPSA) is 72.8 Å². The SMILES string of the molecule is CCP(=O)(O)OC(=O)O[C@H]1CCC2(C)C(=CCC3C2CCC2(C)C3CCC2[C@@H](C)CCCC(C)C)C1. The number of carbonyl (C=O) groups is 1. The minimum Gasteiger partial charge on any atom is -0.430 e. The molecule has 0 bridgehead atoms. The second-order valence-electron chi connectivity index (χ2n) is 13.6. The fraction of sp³-hybridized carbons (Fsp3) is 0.900. The van der Waals surface area contributed by atoms with Gasteiger partial charge in [0.15, 0.2) is 0 Å². The summed E-state index contributed by atoms with van der Waals surface area (Å²) in [4.78, 5) is 21.7. The van der Waals surface area contributed by atoms with E-state index in [2.05, 4.69) is 40.7 Å². The molecule has 0 aromatic rings. The zero-order valence-corrected chi connectivity index (χ0v) is 24.5. The molecule has 0 radical (unpaired) electrons. The third kappa shape index (κ3) is 5.49. The lowest BCUT2D eigenvalue weighted by Crippen LogP contribution is -2.51. The van der Waals surface area contributed by atoms with Crippen molar-refractivity contribution in [3.8, 4) is 0 Å². The van der Waals surface area contributed by atoms with Crippen molar-refractivity contribution in [2.24, 2.45) is 46.3 Å². The third-order valence-electron chi connectivity index (χ3n) is 11.1. The molecule has 9 atom stereocenters. The van der Waals surface area contributed by atoms with Crippen molar-refractivity contribution < 1.29 is 23.5 Å². The summed E-state index contributed by atoms with van der Waals surface area (Å²) in [7, 11) is -3.89. The Bertz CT molecular complexity index is 883. The predicted molar refractivity (Wildman–Crippen MR) is 145 cm³/mol. The second-order valence-corrected chi connectivity index (χ2v) is 15.7. The van der Waals surface area contributed by atoms with Crippen LogP contribution in [0.1, 0.15) is 112 Å². The van der Waals surface area contributed by atoms with Gasteiger partial charge >= 0.3 is 13.8 Å². The number of fused-ring (bicyclic) bond motifs is 5. The molecule has 4 aliphatic rings. The molecular weight excluding hydrogens is 471 g/mol. The molecule has 0 saturated heterocycles. The Morgan fingerprint density at radius 2 is 1.86 bits per heavy atom. The van der Waals surface area contributed by atoms with Crippen LogP contribution in [0.15, 0.2) is 11.6 Å². The average molecular weight is 523 g/mol. The Labute approximate surface area is 219 Å². The lowest BCUT2D eigenvalue weighted by atomic mass is 9.47. The van der Waals surface area contributed by atoms with E-state index in [1.54, 1.807) is 0 Å². The summed E-state index contributed by atoms with van der Waals surface area (Å²) in [6.45, 7) is 13.8. The van der Waals surface area contributed by atoms with Gasteiger partial charge in [0.2, 0.25) is 0 Å². The van der Waals surface area contributed by atoms with Crippen molar-refractivity contribution in [2.75, 3.05) is 6.16 Å². The van der Waals surface area contributed by atoms with Crippen LogP contribution in [0.2, 0.25) is 0 Å². The lowest BCUT2D eigenvalue weighted by Gasteiger charge is -2.58. The number of rotatable bonds is 8. The van der Waals surface area contributed by atoms with Crippen LogP contribution < -0.4 is 0 Å². The first kappa shape index (κ1) is 28.2. The number of allylic oxidation sites excluding steroid dienone is 1. The highest BCUT2D eigenvalue weighted by Gasteiger charge is 2.59. The van der Waals surface area contributed by atoms with Crippen LogP contribution in [0.5, 0.6) is 0 Å². The minimum absolute atomic E-state index is 0.100. The number of carbonyl (C=O) groups excluding carboxylic acids is 1. The third-order valence-corrected chi connectivity index (χ3v) is 12.4. The van der Waals surface area contributed by atoms with E-state index in [0.29, 0.717) is 5.41 Å². The summed E-state index contributed by atoms with van der Waals surface area (Å²) >= 11 is 0. The molecule has 3 fully saturated rings. The van der Waals surface area contributed by atoms with E-state index in [0.717, 1.165) is 61.2 Å². The van der Waals surface area contributed by atoms with E-state index in [9.17, 15) is 14.3 Å². The zero-order valence-electron chi connectivity index (χ0n) is 23.6. The summed E-state index contributed by atoms with van der Waals surface area (Å²) in [6.07, 6.45) is 14.4. The summed E-state index contributed by atoms with van der Waals surface area (Å²) < 4.78 is 21.9. The van der Waals surface area contributed by atoms with Gasteiger partial charge in [-0.15, -0.1) is 0 Å². The zero-order chi connectivity index (χ0) is 26.3. The molecule has 206 valence electrons. The molecule has 0 aromatic carbocycles.